The molecule has 0 aromatic heterocycles. The Morgan fingerprint density at radius 3 is 3.00 bits per heavy atom. The van der Waals surface area contributed by atoms with Gasteiger partial charge in [0.1, 0.15) is 17.4 Å². The van der Waals surface area contributed by atoms with Crippen molar-refractivity contribution in [1.29, 1.82) is 5.26 Å². The van der Waals surface area contributed by atoms with E-state index >= 15 is 0 Å². The number of ether oxygens (including phenoxy) is 1. The Kier molecular flexibility index (Phi) is 3.13. The molecule has 19 heavy (non-hydrogen) atoms. The number of morpholine rings is 1. The molecule has 2 aliphatic heterocycles. The lowest BCUT2D eigenvalue weighted by Crippen LogP contribution is -2.48. The third-order valence-electron chi connectivity index (χ3n) is 4.02. The molecule has 1 aromatic carbocycles. The van der Waals surface area contributed by atoms with Crippen LogP contribution in [0.15, 0.2) is 18.2 Å². The normalized spacial score (nSPS) is 27.1. The predicted molar refractivity (Wildman–Crippen MR) is 69.5 cm³/mol. The number of fused-ring (bicyclic) bond motifs is 1. The smallest absolute Gasteiger partial charge is 0.143 e. The molecule has 2 saturated heterocycles. The minimum atomic E-state index is -0.454. The van der Waals surface area contributed by atoms with Crippen molar-refractivity contribution < 1.29 is 9.13 Å². The molecule has 0 bridgehead atoms. The topological polar surface area (TPSA) is 39.5 Å². The number of hydrogen-bond acceptors (Lipinski definition) is 4. The van der Waals surface area contributed by atoms with Gasteiger partial charge in [-0.2, -0.15) is 5.26 Å². The molecule has 0 spiro atoms. The number of nitrogens with zero attached hydrogens (tertiary/aromatic N) is 3. The van der Waals surface area contributed by atoms with Crippen LogP contribution in [-0.4, -0.2) is 50.3 Å². The lowest BCUT2D eigenvalue weighted by Gasteiger charge is -2.33. The lowest BCUT2D eigenvalue weighted by molar-refractivity contribution is -0.0362. The highest BCUT2D eigenvalue weighted by atomic mass is 19.1. The minimum absolute atomic E-state index is 0.129. The van der Waals surface area contributed by atoms with Gasteiger partial charge in [-0.15, -0.1) is 0 Å². The summed E-state index contributed by atoms with van der Waals surface area (Å²) in [5, 5.41) is 9.11. The van der Waals surface area contributed by atoms with Crippen LogP contribution in [0.1, 0.15) is 5.56 Å². The zero-order chi connectivity index (χ0) is 13.4. The number of benzene rings is 1. The van der Waals surface area contributed by atoms with Crippen molar-refractivity contribution in [3.63, 3.8) is 0 Å². The summed E-state index contributed by atoms with van der Waals surface area (Å²) in [5.74, 6) is -0.454. The molecule has 0 amide bonds. The van der Waals surface area contributed by atoms with Crippen molar-refractivity contribution in [3.05, 3.63) is 29.6 Å². The maximum absolute atomic E-state index is 13.7. The summed E-state index contributed by atoms with van der Waals surface area (Å²) in [6.07, 6.45) is 0.147. The van der Waals surface area contributed by atoms with Crippen LogP contribution >= 0.6 is 0 Å². The van der Waals surface area contributed by atoms with E-state index in [-0.39, 0.29) is 11.7 Å². The number of likely N-dealkylation sites (N-methyl/N-ethyl adjacent to an activating group) is 1. The summed E-state index contributed by atoms with van der Waals surface area (Å²) in [6, 6.07) is 7.07. The fraction of sp³-hybridized carbons (Fsp3) is 0.500. The number of halogens is 1. The van der Waals surface area contributed by atoms with Crippen LogP contribution in [0.5, 0.6) is 0 Å². The van der Waals surface area contributed by atoms with Gasteiger partial charge in [0, 0.05) is 19.6 Å². The molecule has 0 N–H and O–H groups in total. The monoisotopic (exact) mass is 261 g/mol. The molecular formula is C14H16FN3O. The summed E-state index contributed by atoms with van der Waals surface area (Å²) in [6.45, 7) is 3.15. The number of rotatable bonds is 1. The van der Waals surface area contributed by atoms with Crippen LogP contribution < -0.4 is 4.90 Å². The lowest BCUT2D eigenvalue weighted by atomic mass is 10.1. The van der Waals surface area contributed by atoms with E-state index in [1.807, 2.05) is 6.07 Å². The average molecular weight is 261 g/mol. The first-order valence-electron chi connectivity index (χ1n) is 6.46. The third kappa shape index (κ3) is 2.07. The highest BCUT2D eigenvalue weighted by Crippen LogP contribution is 2.29. The SMILES string of the molecule is CN1CCOC2CN(c3cccc(F)c3C#N)CC21. The standard InChI is InChI=1S/C14H16FN3O/c1-17-5-6-19-14-9-18(8-13(14)17)12-4-2-3-11(15)10(12)7-16/h2-4,13-14H,5-6,8-9H2,1H3. The first-order valence-corrected chi connectivity index (χ1v) is 6.46. The van der Waals surface area contributed by atoms with E-state index in [0.717, 1.165) is 19.7 Å². The fourth-order valence-electron chi connectivity index (χ4n) is 2.94. The van der Waals surface area contributed by atoms with Crippen molar-refractivity contribution in [2.45, 2.75) is 12.1 Å². The molecule has 2 unspecified atom stereocenters. The molecule has 0 radical (unpaired) electrons. The van der Waals surface area contributed by atoms with Crippen molar-refractivity contribution in [1.82, 2.24) is 4.90 Å². The van der Waals surface area contributed by atoms with Gasteiger partial charge in [0.25, 0.3) is 0 Å². The Morgan fingerprint density at radius 1 is 1.42 bits per heavy atom. The van der Waals surface area contributed by atoms with Gasteiger partial charge in [0.2, 0.25) is 0 Å². The van der Waals surface area contributed by atoms with Gasteiger partial charge < -0.3 is 9.64 Å². The van der Waals surface area contributed by atoms with E-state index in [2.05, 4.69) is 16.8 Å². The summed E-state index contributed by atoms with van der Waals surface area (Å²) in [7, 11) is 2.08. The zero-order valence-electron chi connectivity index (χ0n) is 10.8. The Balaban J connectivity index is 1.89. The molecule has 2 atom stereocenters. The molecule has 0 saturated carbocycles. The van der Waals surface area contributed by atoms with Crippen LogP contribution in [0.3, 0.4) is 0 Å². The second-order valence-corrected chi connectivity index (χ2v) is 5.11. The Morgan fingerprint density at radius 2 is 2.26 bits per heavy atom. The molecule has 2 aliphatic rings. The fourth-order valence-corrected chi connectivity index (χ4v) is 2.94. The summed E-state index contributed by atoms with van der Waals surface area (Å²) in [4.78, 5) is 4.33. The van der Waals surface area contributed by atoms with Gasteiger partial charge in [-0.25, -0.2) is 4.39 Å². The van der Waals surface area contributed by atoms with E-state index in [9.17, 15) is 4.39 Å². The highest BCUT2D eigenvalue weighted by molar-refractivity contribution is 5.60. The maximum atomic E-state index is 13.7. The van der Waals surface area contributed by atoms with Gasteiger partial charge in [-0.1, -0.05) is 6.07 Å². The molecule has 0 aliphatic carbocycles. The van der Waals surface area contributed by atoms with Crippen molar-refractivity contribution >= 4 is 5.69 Å². The van der Waals surface area contributed by atoms with Gasteiger partial charge in [-0.05, 0) is 19.2 Å². The number of nitriles is 1. The van der Waals surface area contributed by atoms with E-state index in [1.54, 1.807) is 12.1 Å². The molecular weight excluding hydrogens is 245 g/mol. The van der Waals surface area contributed by atoms with Gasteiger partial charge in [0.05, 0.1) is 24.4 Å². The van der Waals surface area contributed by atoms with E-state index in [1.165, 1.54) is 6.07 Å². The molecule has 2 fully saturated rings. The first-order chi connectivity index (χ1) is 9.20. The van der Waals surface area contributed by atoms with Crippen LogP contribution in [-0.2, 0) is 4.74 Å². The van der Waals surface area contributed by atoms with E-state index in [4.69, 9.17) is 10.00 Å². The zero-order valence-corrected chi connectivity index (χ0v) is 10.8. The van der Waals surface area contributed by atoms with Crippen LogP contribution in [0.4, 0.5) is 10.1 Å². The van der Waals surface area contributed by atoms with Crippen LogP contribution in [0, 0.1) is 17.1 Å². The Bertz CT molecular complexity index is 528. The molecule has 1 aromatic rings. The third-order valence-corrected chi connectivity index (χ3v) is 4.02. The Hall–Kier alpha value is -1.64. The molecule has 3 rings (SSSR count). The summed E-state index contributed by atoms with van der Waals surface area (Å²) in [5.41, 5.74) is 0.803. The van der Waals surface area contributed by atoms with E-state index < -0.39 is 5.82 Å². The number of hydrogen-bond donors (Lipinski definition) is 0. The van der Waals surface area contributed by atoms with Crippen LogP contribution in [0.25, 0.3) is 0 Å². The second-order valence-electron chi connectivity index (χ2n) is 5.11. The molecule has 100 valence electrons. The van der Waals surface area contributed by atoms with Crippen molar-refractivity contribution in [2.24, 2.45) is 0 Å². The summed E-state index contributed by atoms with van der Waals surface area (Å²) < 4.78 is 19.4. The molecule has 4 nitrogen and oxygen atoms in total. The largest absolute Gasteiger partial charge is 0.373 e. The predicted octanol–water partition coefficient (Wildman–Crippen LogP) is 1.22. The van der Waals surface area contributed by atoms with Gasteiger partial charge in [-0.3, -0.25) is 4.90 Å². The van der Waals surface area contributed by atoms with Gasteiger partial charge >= 0.3 is 0 Å². The maximum Gasteiger partial charge on any atom is 0.143 e. The second kappa shape index (κ2) is 4.80. The van der Waals surface area contributed by atoms with Gasteiger partial charge in [0.15, 0.2) is 0 Å². The van der Waals surface area contributed by atoms with Crippen molar-refractivity contribution in [2.75, 3.05) is 38.2 Å². The number of anilines is 1. The average Bonchev–Trinajstić information content (AvgIpc) is 2.84. The summed E-state index contributed by atoms with van der Waals surface area (Å²) >= 11 is 0. The van der Waals surface area contributed by atoms with E-state index in [0.29, 0.717) is 18.3 Å². The molecule has 5 heteroatoms. The van der Waals surface area contributed by atoms with Crippen molar-refractivity contribution in [3.8, 4) is 6.07 Å². The molecule has 2 heterocycles. The first kappa shape index (κ1) is 12.4. The Labute approximate surface area is 112 Å². The minimum Gasteiger partial charge on any atom is -0.373 e. The highest BCUT2D eigenvalue weighted by Gasteiger charge is 2.39. The quantitative estimate of drug-likeness (QED) is 0.762. The van der Waals surface area contributed by atoms with Crippen LogP contribution in [0.2, 0.25) is 0 Å².